The molecular weight excluding hydrogens is 878 g/mol. The number of fused-ring (bicyclic) bond motifs is 3. The third kappa shape index (κ3) is 10.6. The summed E-state index contributed by atoms with van der Waals surface area (Å²) in [4.78, 5) is 0. The van der Waals surface area contributed by atoms with Crippen molar-refractivity contribution in [2.75, 3.05) is 0 Å². The molecule has 0 fully saturated rings. The van der Waals surface area contributed by atoms with E-state index in [4.69, 9.17) is 0 Å². The van der Waals surface area contributed by atoms with Gasteiger partial charge in [0.15, 0.2) is 0 Å². The second-order valence-corrected chi connectivity index (χ2v) is 22.8. The van der Waals surface area contributed by atoms with Gasteiger partial charge in [0.25, 0.3) is 0 Å². The van der Waals surface area contributed by atoms with Gasteiger partial charge >= 0.3 is 99.5 Å². The van der Waals surface area contributed by atoms with Crippen molar-refractivity contribution in [3.05, 3.63) is 192 Å². The molecule has 0 amide bonds. The number of benzene rings is 6. The zero-order valence-electron chi connectivity index (χ0n) is 32.2. The fourth-order valence-corrected chi connectivity index (χ4v) is 11.8. The van der Waals surface area contributed by atoms with E-state index in [1.54, 1.807) is 0 Å². The quantitative estimate of drug-likeness (QED) is 0.122. The Kier molecular flexibility index (Phi) is 15.5. The Hall–Kier alpha value is -3.53. The second-order valence-electron chi connectivity index (χ2n) is 15.5. The molecule has 2 aliphatic carbocycles. The molecule has 54 heavy (non-hydrogen) atoms. The molecule has 2 aliphatic rings. The summed E-state index contributed by atoms with van der Waals surface area (Å²) >= 11 is 1.27. The van der Waals surface area contributed by atoms with Crippen molar-refractivity contribution in [2.45, 2.75) is 65.2 Å². The van der Waals surface area contributed by atoms with Gasteiger partial charge < -0.3 is 0 Å². The van der Waals surface area contributed by atoms with E-state index in [0.29, 0.717) is 0 Å². The van der Waals surface area contributed by atoms with Crippen molar-refractivity contribution in [2.24, 2.45) is 0 Å². The number of halogens is 2. The maximum absolute atomic E-state index is 3.88. The van der Waals surface area contributed by atoms with Crippen molar-refractivity contribution in [3.63, 3.8) is 0 Å². The first-order chi connectivity index (χ1) is 25.0. The Bertz CT molecular complexity index is 2040. The van der Waals surface area contributed by atoms with Gasteiger partial charge in [-0.3, -0.25) is 6.08 Å². The van der Waals surface area contributed by atoms with Crippen LogP contribution in [-0.2, 0) is 40.3 Å². The zero-order valence-corrected chi connectivity index (χ0v) is 38.5. The molecule has 0 N–H and O–H groups in total. The fourth-order valence-electron chi connectivity index (χ4n) is 6.82. The molecule has 8 rings (SSSR count). The maximum atomic E-state index is 3.88. The molecule has 6 aromatic rings. The monoisotopic (exact) mass is 928 g/mol. The molecular formula is C50H50Cl2HfSi. The van der Waals surface area contributed by atoms with Crippen molar-refractivity contribution in [1.29, 1.82) is 0 Å². The van der Waals surface area contributed by atoms with Gasteiger partial charge in [-0.15, -0.1) is 60.1 Å². The van der Waals surface area contributed by atoms with E-state index >= 15 is 0 Å². The molecule has 6 aromatic carbocycles. The molecule has 0 bridgehead atoms. The van der Waals surface area contributed by atoms with Crippen LogP contribution >= 0.6 is 24.8 Å². The van der Waals surface area contributed by atoms with E-state index in [1.807, 2.05) is 12.2 Å². The summed E-state index contributed by atoms with van der Waals surface area (Å²) in [6, 6.07) is 54.6. The van der Waals surface area contributed by atoms with Gasteiger partial charge in [0.1, 0.15) is 0 Å². The summed E-state index contributed by atoms with van der Waals surface area (Å²) in [7, 11) is 0. The summed E-state index contributed by atoms with van der Waals surface area (Å²) < 4.78 is 0. The van der Waals surface area contributed by atoms with Crippen molar-refractivity contribution < 1.29 is 23.0 Å². The van der Waals surface area contributed by atoms with E-state index in [-0.39, 0.29) is 35.6 Å². The van der Waals surface area contributed by atoms with Crippen LogP contribution in [-0.4, -0.2) is 5.49 Å². The third-order valence-electron chi connectivity index (χ3n) is 9.53. The third-order valence-corrected chi connectivity index (χ3v) is 17.6. The van der Waals surface area contributed by atoms with Gasteiger partial charge in [0.2, 0.25) is 0 Å². The molecule has 0 spiro atoms. The van der Waals surface area contributed by atoms with Crippen molar-refractivity contribution in [1.82, 2.24) is 0 Å². The van der Waals surface area contributed by atoms with Crippen LogP contribution < -0.4 is 10.4 Å². The Morgan fingerprint density at radius 2 is 1.04 bits per heavy atom. The first-order valence-electron chi connectivity index (χ1n) is 18.3. The predicted molar refractivity (Wildman–Crippen MR) is 236 cm³/mol. The molecule has 0 radical (unpaired) electrons. The summed E-state index contributed by atoms with van der Waals surface area (Å²) in [6.45, 7) is 13.9. The van der Waals surface area contributed by atoms with E-state index < -0.39 is 5.49 Å². The summed E-state index contributed by atoms with van der Waals surface area (Å²) in [5.74, 6) is 0. The standard InChI is InChI=1S/C33H33.C12H10Si.C5H5.2ClH.Hf/c1-32(2,3)30-20-26-24(18-28(30)22-13-9-7-10-14-22)17-25-19-29(23-15-11-8-12-16-23)31(21-27(25)26)33(4,5)6;1-3-7-11(8-4-1)13-12-9-5-2-6-10-12;1-2-4-5-3-1;;;/h7-16,18,20-21H,17H2,1-6H3;1-10H;1-3H,4H2;2*1H;/q-1;;-1;;;+2. The Balaban J connectivity index is 0.000000255. The van der Waals surface area contributed by atoms with Crippen molar-refractivity contribution in [3.8, 4) is 33.4 Å². The summed E-state index contributed by atoms with van der Waals surface area (Å²) in [5.41, 5.74) is 13.1. The average molecular weight is 928 g/mol. The first kappa shape index (κ1) is 43.2. The number of rotatable bonds is 4. The average Bonchev–Trinajstić information content (AvgIpc) is 3.86. The van der Waals surface area contributed by atoms with Crippen LogP contribution in [0.15, 0.2) is 158 Å². The van der Waals surface area contributed by atoms with Crippen LogP contribution in [0.1, 0.15) is 70.2 Å². The topological polar surface area (TPSA) is 0 Å². The van der Waals surface area contributed by atoms with Gasteiger partial charge in [-0.2, -0.15) is 6.08 Å². The van der Waals surface area contributed by atoms with Crippen LogP contribution in [0.5, 0.6) is 0 Å². The molecule has 0 aromatic heterocycles. The summed E-state index contributed by atoms with van der Waals surface area (Å²) in [6.07, 6.45) is 10.9. The minimum atomic E-state index is -0.406. The first-order valence-corrected chi connectivity index (χ1v) is 25.2. The molecule has 0 heterocycles. The second kappa shape index (κ2) is 19.4. The molecule has 0 nitrogen and oxygen atoms in total. The van der Waals surface area contributed by atoms with Gasteiger partial charge in [-0.1, -0.05) is 131 Å². The van der Waals surface area contributed by atoms with Crippen LogP contribution in [0.4, 0.5) is 0 Å². The minimum absolute atomic E-state index is 0. The number of hydrogen-bond acceptors (Lipinski definition) is 0. The van der Waals surface area contributed by atoms with Crippen LogP contribution in [0.2, 0.25) is 0 Å². The van der Waals surface area contributed by atoms with Gasteiger partial charge in [0.05, 0.1) is 0 Å². The van der Waals surface area contributed by atoms with Crippen LogP contribution in [0.3, 0.4) is 0 Å². The Morgan fingerprint density at radius 3 is 1.48 bits per heavy atom. The number of allylic oxidation sites excluding steroid dienone is 4. The normalized spacial score (nSPS) is 12.1. The van der Waals surface area contributed by atoms with Crippen LogP contribution in [0, 0.1) is 12.1 Å². The van der Waals surface area contributed by atoms with E-state index in [1.165, 1.54) is 89.0 Å². The molecule has 0 unspecified atom stereocenters. The molecule has 0 atom stereocenters. The van der Waals surface area contributed by atoms with Gasteiger partial charge in [-0.25, -0.2) is 12.2 Å². The Morgan fingerprint density at radius 1 is 0.556 bits per heavy atom. The van der Waals surface area contributed by atoms with E-state index in [9.17, 15) is 0 Å². The number of hydrogen-bond donors (Lipinski definition) is 0. The molecule has 0 saturated heterocycles. The van der Waals surface area contributed by atoms with Gasteiger partial charge in [0, 0.05) is 0 Å². The zero-order chi connectivity index (χ0) is 36.7. The predicted octanol–water partition coefficient (Wildman–Crippen LogP) is 12.5. The molecule has 0 saturated carbocycles. The van der Waals surface area contributed by atoms with Crippen LogP contribution in [0.25, 0.3) is 33.4 Å². The summed E-state index contributed by atoms with van der Waals surface area (Å²) in [5, 5.41) is 3.07. The molecule has 4 heteroatoms. The Labute approximate surface area is 351 Å². The SMILES string of the molecule is CC(C)(C)c1cc2c([c-]c1-c1ccccc1)Cc1cc(-c3ccccc3)c(C(C)(C)C)cc1-2.Cl.Cl.[C-]1=CC=CC1.[Hf+2]=[Si](c1ccccc1)c1ccccc1. The van der Waals surface area contributed by atoms with Gasteiger partial charge in [-0.05, 0) is 39.5 Å². The molecule has 0 aliphatic heterocycles. The van der Waals surface area contributed by atoms with E-state index in [0.717, 1.165) is 12.8 Å². The van der Waals surface area contributed by atoms with E-state index in [2.05, 4.69) is 199 Å². The van der Waals surface area contributed by atoms with Crippen molar-refractivity contribution >= 4 is 40.7 Å². The molecule has 272 valence electrons. The fraction of sp³-hybridized carbons (Fsp3) is 0.200.